The largest absolute Gasteiger partial charge is 0.506 e. The van der Waals surface area contributed by atoms with Crippen LogP contribution in [0.3, 0.4) is 0 Å². The molecule has 1 aliphatic heterocycles. The summed E-state index contributed by atoms with van der Waals surface area (Å²) in [5.74, 6) is -2.92. The van der Waals surface area contributed by atoms with E-state index in [2.05, 4.69) is 5.32 Å². The van der Waals surface area contributed by atoms with Crippen LogP contribution in [0.1, 0.15) is 27.5 Å². The van der Waals surface area contributed by atoms with E-state index in [1.165, 1.54) is 22.8 Å². The maximum absolute atomic E-state index is 13.1. The average molecular weight is 448 g/mol. The summed E-state index contributed by atoms with van der Waals surface area (Å²) in [6.45, 7) is -0.713. The highest BCUT2D eigenvalue weighted by atomic mass is 19.4. The predicted molar refractivity (Wildman–Crippen MR) is 106 cm³/mol. The average Bonchev–Trinajstić information content (AvgIpc) is 2.75. The van der Waals surface area contributed by atoms with Crippen LogP contribution < -0.4 is 16.2 Å². The summed E-state index contributed by atoms with van der Waals surface area (Å²) in [5, 5.41) is 23.4. The molecule has 166 valence electrons. The predicted octanol–water partition coefficient (Wildman–Crippen LogP) is 1.49. The van der Waals surface area contributed by atoms with E-state index in [0.717, 1.165) is 12.1 Å². The number of nitrogens with two attached hydrogens (primary N) is 1. The smallest absolute Gasteiger partial charge is 0.416 e. The van der Waals surface area contributed by atoms with Crippen LogP contribution in [0, 0.1) is 0 Å². The first-order valence-corrected chi connectivity index (χ1v) is 9.48. The molecule has 32 heavy (non-hydrogen) atoms. The number of aromatic nitrogens is 1. The summed E-state index contributed by atoms with van der Waals surface area (Å²) >= 11 is 0. The summed E-state index contributed by atoms with van der Waals surface area (Å²) < 4.78 is 39.9. The van der Waals surface area contributed by atoms with Crippen molar-refractivity contribution in [3.63, 3.8) is 0 Å². The molecule has 3 aromatic rings. The highest BCUT2D eigenvalue weighted by molar-refractivity contribution is 6.04. The molecule has 0 saturated heterocycles. The molecule has 1 unspecified atom stereocenters. The number of amides is 1. The number of rotatable bonds is 4. The molecule has 0 aliphatic carbocycles. The van der Waals surface area contributed by atoms with Crippen LogP contribution >= 0.6 is 0 Å². The lowest BCUT2D eigenvalue weighted by Gasteiger charge is -2.26. The van der Waals surface area contributed by atoms with Crippen LogP contribution in [-0.4, -0.2) is 33.2 Å². The summed E-state index contributed by atoms with van der Waals surface area (Å²) in [6, 6.07) is 8.95. The van der Waals surface area contributed by atoms with Crippen molar-refractivity contribution in [2.24, 2.45) is 0 Å². The van der Waals surface area contributed by atoms with Crippen LogP contribution in [0.5, 0.6) is 5.75 Å². The molecule has 0 bridgehead atoms. The number of hydrogen-bond acceptors (Lipinski definition) is 4. The Kier molecular flexibility index (Phi) is 5.13. The zero-order valence-electron chi connectivity index (χ0n) is 16.3. The van der Waals surface area contributed by atoms with Gasteiger partial charge >= 0.3 is 12.1 Å². The van der Waals surface area contributed by atoms with Gasteiger partial charge in [0.15, 0.2) is 5.69 Å². The van der Waals surface area contributed by atoms with Gasteiger partial charge in [0.1, 0.15) is 29.4 Å². The zero-order chi connectivity index (χ0) is 23.2. The van der Waals surface area contributed by atoms with Gasteiger partial charge in [0.05, 0.1) is 12.1 Å². The van der Waals surface area contributed by atoms with Crippen molar-refractivity contribution in [3.8, 4) is 5.75 Å². The van der Waals surface area contributed by atoms with E-state index in [0.29, 0.717) is 16.8 Å². The number of para-hydroxylation sites is 1. The third-order valence-electron chi connectivity index (χ3n) is 5.34. The standard InChI is InChI=1S/C21H16F3N3O5/c22-21(23,24)11-6-4-10(5-7-11)14-9-27-17-12(2-1-3-13(17)26-14)18(30)16(20(27)32)19(31)25-8-15(28)29/h1-7,14,26,30H,8-9H2,(H,25,31)(H,28,29)/p+1. The van der Waals surface area contributed by atoms with Crippen LogP contribution in [0.2, 0.25) is 0 Å². The van der Waals surface area contributed by atoms with Gasteiger partial charge in [0.25, 0.3) is 11.5 Å². The van der Waals surface area contributed by atoms with Crippen LogP contribution in [0.15, 0.2) is 47.3 Å². The number of alkyl halides is 3. The van der Waals surface area contributed by atoms with Crippen LogP contribution in [0.4, 0.5) is 18.9 Å². The number of carbonyl (C=O) groups is 2. The quantitative estimate of drug-likeness (QED) is 0.450. The fourth-order valence-corrected chi connectivity index (χ4v) is 3.87. The Balaban J connectivity index is 1.79. The number of carbonyl (C=O) groups excluding carboxylic acids is 1. The second kappa shape index (κ2) is 7.68. The molecule has 2 heterocycles. The molecule has 11 heteroatoms. The Bertz CT molecular complexity index is 1300. The minimum absolute atomic E-state index is 0.0250. The van der Waals surface area contributed by atoms with Gasteiger partial charge in [-0.3, -0.25) is 19.0 Å². The highest BCUT2D eigenvalue weighted by Gasteiger charge is 2.33. The number of halogens is 3. The van der Waals surface area contributed by atoms with E-state index < -0.39 is 53.1 Å². The molecule has 0 saturated carbocycles. The lowest BCUT2D eigenvalue weighted by atomic mass is 9.99. The van der Waals surface area contributed by atoms with Gasteiger partial charge in [0, 0.05) is 17.0 Å². The van der Waals surface area contributed by atoms with Crippen molar-refractivity contribution in [2.75, 3.05) is 6.54 Å². The van der Waals surface area contributed by atoms with Gasteiger partial charge in [-0.25, -0.2) is 0 Å². The molecule has 0 radical (unpaired) electrons. The van der Waals surface area contributed by atoms with Gasteiger partial charge in [-0.15, -0.1) is 0 Å². The topological polar surface area (TPSA) is 125 Å². The monoisotopic (exact) mass is 448 g/mol. The summed E-state index contributed by atoms with van der Waals surface area (Å²) in [5.41, 5.74) is -0.715. The molecule has 8 nitrogen and oxygen atoms in total. The van der Waals surface area contributed by atoms with Gasteiger partial charge in [-0.05, 0) is 18.2 Å². The lowest BCUT2D eigenvalue weighted by Crippen LogP contribution is -2.81. The van der Waals surface area contributed by atoms with Gasteiger partial charge in [-0.2, -0.15) is 13.2 Å². The number of pyridine rings is 1. The van der Waals surface area contributed by atoms with Crippen molar-refractivity contribution < 1.29 is 38.3 Å². The number of nitrogens with zero attached hydrogens (tertiary/aromatic N) is 1. The van der Waals surface area contributed by atoms with E-state index in [1.54, 1.807) is 17.4 Å². The summed E-state index contributed by atoms with van der Waals surface area (Å²) in [6.07, 6.45) is -4.47. The van der Waals surface area contributed by atoms with Gasteiger partial charge in [-0.1, -0.05) is 18.2 Å². The molecular formula is C21H17F3N3O5+. The second-order valence-electron chi connectivity index (χ2n) is 7.35. The number of quaternary nitrogens is 1. The number of carboxylic acids is 1. The Morgan fingerprint density at radius 1 is 1.16 bits per heavy atom. The third kappa shape index (κ3) is 3.66. The first-order chi connectivity index (χ1) is 15.1. The molecule has 1 aromatic heterocycles. The number of aliphatic carboxylic acids is 1. The van der Waals surface area contributed by atoms with Crippen molar-refractivity contribution in [2.45, 2.75) is 18.8 Å². The number of benzene rings is 2. The normalized spacial score (nSPS) is 15.5. The fraction of sp³-hybridized carbons (Fsp3) is 0.190. The van der Waals surface area contributed by atoms with E-state index in [-0.39, 0.29) is 11.9 Å². The van der Waals surface area contributed by atoms with Crippen molar-refractivity contribution >= 4 is 28.5 Å². The van der Waals surface area contributed by atoms with Crippen LogP contribution in [-0.2, 0) is 17.5 Å². The molecule has 5 N–H and O–H groups in total. The minimum Gasteiger partial charge on any atom is -0.506 e. The number of hydrogen-bond donors (Lipinski definition) is 4. The summed E-state index contributed by atoms with van der Waals surface area (Å²) in [7, 11) is 0. The molecule has 0 fully saturated rings. The first kappa shape index (κ1) is 21.4. The lowest BCUT2D eigenvalue weighted by molar-refractivity contribution is -0.621. The van der Waals surface area contributed by atoms with Crippen molar-refractivity contribution in [1.29, 1.82) is 0 Å². The Labute approximate surface area is 177 Å². The second-order valence-corrected chi connectivity index (χ2v) is 7.35. The Morgan fingerprint density at radius 2 is 1.84 bits per heavy atom. The van der Waals surface area contributed by atoms with E-state index in [1.807, 2.05) is 0 Å². The third-order valence-corrected chi connectivity index (χ3v) is 5.34. The first-order valence-electron chi connectivity index (χ1n) is 9.48. The Hall–Kier alpha value is -3.86. The van der Waals surface area contributed by atoms with E-state index in [4.69, 9.17) is 5.11 Å². The van der Waals surface area contributed by atoms with Crippen LogP contribution in [0.25, 0.3) is 10.9 Å². The molecule has 1 amide bonds. The fourth-order valence-electron chi connectivity index (χ4n) is 3.87. The SMILES string of the molecule is O=C(O)CNC(=O)c1c(O)c2cccc3c2n(c1=O)CC(c1ccc(C(F)(F)F)cc1)[NH2+]3. The zero-order valence-corrected chi connectivity index (χ0v) is 16.3. The maximum atomic E-state index is 13.1. The van der Waals surface area contributed by atoms with Crippen molar-refractivity contribution in [3.05, 3.63) is 69.5 Å². The number of nitrogens with one attached hydrogen (secondary N) is 1. The molecule has 4 rings (SSSR count). The maximum Gasteiger partial charge on any atom is 0.416 e. The van der Waals surface area contributed by atoms with Crippen molar-refractivity contribution in [1.82, 2.24) is 9.88 Å². The number of carboxylic acid groups (broad SMARTS) is 1. The van der Waals surface area contributed by atoms with Gasteiger partial charge in [0.2, 0.25) is 0 Å². The highest BCUT2D eigenvalue weighted by Crippen LogP contribution is 2.34. The molecule has 1 aliphatic rings. The van der Waals surface area contributed by atoms with E-state index in [9.17, 15) is 32.7 Å². The van der Waals surface area contributed by atoms with E-state index >= 15 is 0 Å². The number of aromatic hydroxyl groups is 1. The molecular weight excluding hydrogens is 431 g/mol. The summed E-state index contributed by atoms with van der Waals surface area (Å²) in [4.78, 5) is 36.3. The molecule has 0 spiro atoms. The molecule has 2 aromatic carbocycles. The van der Waals surface area contributed by atoms with Gasteiger partial charge < -0.3 is 20.8 Å². The Morgan fingerprint density at radius 3 is 2.47 bits per heavy atom. The minimum atomic E-state index is -4.47. The molecule has 1 atom stereocenters.